The van der Waals surface area contributed by atoms with Crippen molar-refractivity contribution < 1.29 is 12.8 Å². The van der Waals surface area contributed by atoms with E-state index in [-0.39, 0.29) is 4.90 Å². The van der Waals surface area contributed by atoms with Gasteiger partial charge in [-0.1, -0.05) is 0 Å². The molecular formula is C11H9N3O3S2. The Morgan fingerprint density at radius 3 is 2.95 bits per heavy atom. The molecule has 0 radical (unpaired) electrons. The summed E-state index contributed by atoms with van der Waals surface area (Å²) in [6, 6.07) is 4.51. The first-order valence-electron chi connectivity index (χ1n) is 5.33. The number of anilines is 1. The summed E-state index contributed by atoms with van der Waals surface area (Å²) in [6.07, 6.45) is 1.28. The second-order valence-electron chi connectivity index (χ2n) is 3.88. The smallest absolute Gasteiger partial charge is 0.263 e. The fraction of sp³-hybridized carbons (Fsp3) is 0.0909. The fourth-order valence-electron chi connectivity index (χ4n) is 1.58. The van der Waals surface area contributed by atoms with Crippen molar-refractivity contribution in [1.82, 2.24) is 9.97 Å². The molecule has 0 bridgehead atoms. The summed E-state index contributed by atoms with van der Waals surface area (Å²) in [7, 11) is -3.66. The minimum atomic E-state index is -3.66. The van der Waals surface area contributed by atoms with E-state index in [1.165, 1.54) is 29.9 Å². The van der Waals surface area contributed by atoms with Crippen LogP contribution < -0.4 is 4.72 Å². The number of aromatic nitrogens is 2. The van der Waals surface area contributed by atoms with Crippen LogP contribution in [0.5, 0.6) is 0 Å². The van der Waals surface area contributed by atoms with Crippen LogP contribution in [0.4, 0.5) is 5.13 Å². The molecule has 0 aliphatic carbocycles. The number of fused-ring (bicyclic) bond motifs is 1. The molecule has 2 aromatic heterocycles. The molecule has 0 amide bonds. The van der Waals surface area contributed by atoms with E-state index in [2.05, 4.69) is 14.7 Å². The van der Waals surface area contributed by atoms with Gasteiger partial charge in [0.15, 0.2) is 17.1 Å². The van der Waals surface area contributed by atoms with Crippen LogP contribution in [0.15, 0.2) is 39.3 Å². The van der Waals surface area contributed by atoms with Gasteiger partial charge in [0.1, 0.15) is 5.52 Å². The Bertz CT molecular complexity index is 836. The van der Waals surface area contributed by atoms with Gasteiger partial charge in [-0.15, -0.1) is 11.3 Å². The number of nitrogens with one attached hydrogen (secondary N) is 1. The summed E-state index contributed by atoms with van der Waals surface area (Å²) in [6.45, 7) is 1.80. The first-order chi connectivity index (χ1) is 9.04. The minimum absolute atomic E-state index is 0.115. The third-order valence-electron chi connectivity index (χ3n) is 2.45. The van der Waals surface area contributed by atoms with Gasteiger partial charge < -0.3 is 4.42 Å². The minimum Gasteiger partial charge on any atom is -0.443 e. The van der Waals surface area contributed by atoms with E-state index in [0.717, 1.165) is 5.69 Å². The Hall–Kier alpha value is -1.93. The van der Waals surface area contributed by atoms with Crippen molar-refractivity contribution in [3.05, 3.63) is 35.7 Å². The molecule has 2 heterocycles. The zero-order valence-electron chi connectivity index (χ0n) is 9.82. The third-order valence-corrected chi connectivity index (χ3v) is 4.80. The predicted octanol–water partition coefficient (Wildman–Crippen LogP) is 2.39. The number of hydrogen-bond acceptors (Lipinski definition) is 6. The monoisotopic (exact) mass is 295 g/mol. The number of thiazole rings is 1. The number of rotatable bonds is 3. The molecule has 0 fully saturated rings. The van der Waals surface area contributed by atoms with Gasteiger partial charge in [-0.05, 0) is 19.1 Å². The Morgan fingerprint density at radius 2 is 2.21 bits per heavy atom. The summed E-state index contributed by atoms with van der Waals surface area (Å²) < 4.78 is 31.9. The highest BCUT2D eigenvalue weighted by Gasteiger charge is 2.17. The quantitative estimate of drug-likeness (QED) is 0.802. The molecule has 3 aromatic rings. The van der Waals surface area contributed by atoms with Crippen LogP contribution in [0.25, 0.3) is 11.1 Å². The molecule has 0 spiro atoms. The van der Waals surface area contributed by atoms with Crippen molar-refractivity contribution in [3.8, 4) is 0 Å². The van der Waals surface area contributed by atoms with Crippen LogP contribution in [0.3, 0.4) is 0 Å². The molecule has 1 N–H and O–H groups in total. The molecule has 0 saturated carbocycles. The van der Waals surface area contributed by atoms with Crippen LogP contribution in [-0.4, -0.2) is 18.4 Å². The molecule has 0 saturated heterocycles. The van der Waals surface area contributed by atoms with Crippen molar-refractivity contribution in [2.75, 3.05) is 4.72 Å². The lowest BCUT2D eigenvalue weighted by Crippen LogP contribution is -2.12. The lowest BCUT2D eigenvalue weighted by Gasteiger charge is -2.04. The van der Waals surface area contributed by atoms with Gasteiger partial charge >= 0.3 is 0 Å². The fourth-order valence-corrected chi connectivity index (χ4v) is 3.53. The van der Waals surface area contributed by atoms with E-state index < -0.39 is 10.0 Å². The van der Waals surface area contributed by atoms with Crippen molar-refractivity contribution in [2.24, 2.45) is 0 Å². The number of nitrogens with zero attached hydrogens (tertiary/aromatic N) is 2. The van der Waals surface area contributed by atoms with Crippen molar-refractivity contribution in [2.45, 2.75) is 11.8 Å². The topological polar surface area (TPSA) is 85.1 Å². The van der Waals surface area contributed by atoms with Crippen molar-refractivity contribution in [3.63, 3.8) is 0 Å². The zero-order valence-corrected chi connectivity index (χ0v) is 11.5. The number of benzene rings is 1. The largest absolute Gasteiger partial charge is 0.443 e. The molecule has 1 aromatic carbocycles. The predicted molar refractivity (Wildman–Crippen MR) is 71.7 cm³/mol. The van der Waals surface area contributed by atoms with Gasteiger partial charge in [0.25, 0.3) is 10.0 Å². The Morgan fingerprint density at radius 1 is 1.37 bits per heavy atom. The molecular weight excluding hydrogens is 286 g/mol. The normalized spacial score (nSPS) is 11.8. The highest BCUT2D eigenvalue weighted by atomic mass is 32.2. The standard InChI is InChI=1S/C11H9N3O3S2/c1-7-5-18-11(13-7)14-19(15,16)8-2-3-9-10(4-8)17-6-12-9/h2-6H,1H3,(H,13,14). The lowest BCUT2D eigenvalue weighted by molar-refractivity contribution is 0.594. The van der Waals surface area contributed by atoms with E-state index in [9.17, 15) is 8.42 Å². The van der Waals surface area contributed by atoms with Crippen LogP contribution in [0.1, 0.15) is 5.69 Å². The maximum absolute atomic E-state index is 12.2. The van der Waals surface area contributed by atoms with Gasteiger partial charge in [0.05, 0.1) is 10.6 Å². The van der Waals surface area contributed by atoms with Crippen LogP contribution in [0.2, 0.25) is 0 Å². The van der Waals surface area contributed by atoms with Crippen molar-refractivity contribution >= 4 is 37.6 Å². The van der Waals surface area contributed by atoms with Gasteiger partial charge in [0.2, 0.25) is 0 Å². The molecule has 0 aliphatic rings. The second-order valence-corrected chi connectivity index (χ2v) is 6.42. The van der Waals surface area contributed by atoms with Crippen LogP contribution >= 0.6 is 11.3 Å². The Balaban J connectivity index is 1.98. The third kappa shape index (κ3) is 2.32. The molecule has 3 rings (SSSR count). The van der Waals surface area contributed by atoms with Crippen LogP contribution in [-0.2, 0) is 10.0 Å². The molecule has 19 heavy (non-hydrogen) atoms. The maximum Gasteiger partial charge on any atom is 0.263 e. The molecule has 0 aliphatic heterocycles. The summed E-state index contributed by atoms with van der Waals surface area (Å²) in [4.78, 5) is 8.12. The molecule has 0 atom stereocenters. The van der Waals surface area contributed by atoms with E-state index in [4.69, 9.17) is 4.42 Å². The van der Waals surface area contributed by atoms with Gasteiger partial charge in [-0.3, -0.25) is 4.72 Å². The number of aryl methyl sites for hydroxylation is 1. The van der Waals surface area contributed by atoms with Gasteiger partial charge in [0, 0.05) is 11.4 Å². The Kier molecular flexibility index (Phi) is 2.76. The zero-order chi connectivity index (χ0) is 13.5. The first-order valence-corrected chi connectivity index (χ1v) is 7.69. The highest BCUT2D eigenvalue weighted by molar-refractivity contribution is 7.93. The molecule has 98 valence electrons. The highest BCUT2D eigenvalue weighted by Crippen LogP contribution is 2.22. The maximum atomic E-state index is 12.2. The summed E-state index contributed by atoms with van der Waals surface area (Å²) in [5, 5.41) is 2.12. The van der Waals surface area contributed by atoms with Gasteiger partial charge in [-0.25, -0.2) is 18.4 Å². The summed E-state index contributed by atoms with van der Waals surface area (Å²) >= 11 is 1.24. The first kappa shape index (κ1) is 12.1. The summed E-state index contributed by atoms with van der Waals surface area (Å²) in [5.41, 5.74) is 1.82. The average molecular weight is 295 g/mol. The van der Waals surface area contributed by atoms with Crippen LogP contribution in [0, 0.1) is 6.92 Å². The molecule has 0 unspecified atom stereocenters. The van der Waals surface area contributed by atoms with E-state index in [1.54, 1.807) is 18.4 Å². The van der Waals surface area contributed by atoms with E-state index in [1.807, 2.05) is 0 Å². The molecule has 8 heteroatoms. The number of oxazole rings is 1. The van der Waals surface area contributed by atoms with E-state index >= 15 is 0 Å². The molecule has 6 nitrogen and oxygen atoms in total. The second kappa shape index (κ2) is 4.32. The van der Waals surface area contributed by atoms with Crippen molar-refractivity contribution in [1.29, 1.82) is 0 Å². The summed E-state index contributed by atoms with van der Waals surface area (Å²) in [5.74, 6) is 0. The number of hydrogen-bond donors (Lipinski definition) is 1. The van der Waals surface area contributed by atoms with Gasteiger partial charge in [-0.2, -0.15) is 0 Å². The lowest BCUT2D eigenvalue weighted by atomic mass is 10.3. The number of sulfonamides is 1. The SMILES string of the molecule is Cc1csc(NS(=O)(=O)c2ccc3ncoc3c2)n1. The van der Waals surface area contributed by atoms with E-state index in [0.29, 0.717) is 16.2 Å². The average Bonchev–Trinajstić information content (AvgIpc) is 2.96. The Labute approximate surface area is 113 Å².